The number of nitrogens with zero attached hydrogens (tertiary/aromatic N) is 1. The molecule has 0 saturated heterocycles. The molecule has 2 radical (unpaired) electrons. The Bertz CT molecular complexity index is 766. The summed E-state index contributed by atoms with van der Waals surface area (Å²) in [6, 6.07) is 9.94. The van der Waals surface area contributed by atoms with Crippen molar-refractivity contribution in [2.75, 3.05) is 0 Å². The van der Waals surface area contributed by atoms with Gasteiger partial charge in [0.25, 0.3) is 0 Å². The molecule has 90 valence electrons. The van der Waals surface area contributed by atoms with E-state index in [0.717, 1.165) is 0 Å². The van der Waals surface area contributed by atoms with E-state index >= 15 is 0 Å². The SMILES string of the molecule is [B]c1ccc2nc(-c3ccco3)cc(C(=O)O)c2c1. The minimum atomic E-state index is -1.02. The van der Waals surface area contributed by atoms with Crippen LogP contribution in [0, 0.1) is 0 Å². The van der Waals surface area contributed by atoms with E-state index < -0.39 is 5.97 Å². The van der Waals surface area contributed by atoms with E-state index in [9.17, 15) is 9.90 Å². The Hall–Kier alpha value is -2.56. The molecule has 0 spiro atoms. The Morgan fingerprint density at radius 3 is 2.79 bits per heavy atom. The van der Waals surface area contributed by atoms with Crippen molar-refractivity contribution >= 4 is 30.2 Å². The smallest absolute Gasteiger partial charge is 0.336 e. The third-order valence-electron chi connectivity index (χ3n) is 2.84. The molecule has 0 aliphatic rings. The van der Waals surface area contributed by atoms with Crippen LogP contribution in [0.25, 0.3) is 22.4 Å². The van der Waals surface area contributed by atoms with Gasteiger partial charge < -0.3 is 9.52 Å². The fraction of sp³-hybridized carbons (Fsp3) is 0. The maximum absolute atomic E-state index is 11.3. The molecule has 5 heteroatoms. The Morgan fingerprint density at radius 1 is 1.26 bits per heavy atom. The first-order chi connectivity index (χ1) is 9.15. The number of carbonyl (C=O) groups is 1. The van der Waals surface area contributed by atoms with Gasteiger partial charge >= 0.3 is 5.97 Å². The van der Waals surface area contributed by atoms with Gasteiger partial charge in [-0.2, -0.15) is 0 Å². The minimum Gasteiger partial charge on any atom is -0.478 e. The van der Waals surface area contributed by atoms with Gasteiger partial charge in [0.1, 0.15) is 13.5 Å². The van der Waals surface area contributed by atoms with Crippen molar-refractivity contribution in [1.82, 2.24) is 4.98 Å². The van der Waals surface area contributed by atoms with Crippen LogP contribution in [0.2, 0.25) is 0 Å². The number of hydrogen-bond acceptors (Lipinski definition) is 3. The van der Waals surface area contributed by atoms with Crippen LogP contribution in [0.5, 0.6) is 0 Å². The van der Waals surface area contributed by atoms with Gasteiger partial charge in [0.15, 0.2) is 5.76 Å². The molecule has 0 atom stereocenters. The largest absolute Gasteiger partial charge is 0.478 e. The Labute approximate surface area is 110 Å². The van der Waals surface area contributed by atoms with Crippen LogP contribution in [0.3, 0.4) is 0 Å². The van der Waals surface area contributed by atoms with Crippen LogP contribution in [0.1, 0.15) is 10.4 Å². The molecule has 0 saturated carbocycles. The highest BCUT2D eigenvalue weighted by molar-refractivity contribution is 6.33. The number of benzene rings is 1. The molecule has 3 rings (SSSR count). The van der Waals surface area contributed by atoms with E-state index in [0.29, 0.717) is 27.8 Å². The van der Waals surface area contributed by atoms with Crippen molar-refractivity contribution in [3.8, 4) is 11.5 Å². The summed E-state index contributed by atoms with van der Waals surface area (Å²) >= 11 is 0. The lowest BCUT2D eigenvalue weighted by Gasteiger charge is -2.06. The number of hydrogen-bond donors (Lipinski definition) is 1. The highest BCUT2D eigenvalue weighted by atomic mass is 16.4. The second kappa shape index (κ2) is 4.28. The molecular weight excluding hydrogens is 241 g/mol. The van der Waals surface area contributed by atoms with E-state index in [1.165, 1.54) is 12.3 Å². The molecule has 0 bridgehead atoms. The summed E-state index contributed by atoms with van der Waals surface area (Å²) < 4.78 is 5.25. The zero-order valence-electron chi connectivity index (χ0n) is 9.83. The average molecular weight is 249 g/mol. The molecule has 2 heterocycles. The lowest BCUT2D eigenvalue weighted by Crippen LogP contribution is -2.05. The first-order valence-corrected chi connectivity index (χ1v) is 5.62. The lowest BCUT2D eigenvalue weighted by molar-refractivity contribution is 0.0699. The van der Waals surface area contributed by atoms with Crippen LogP contribution < -0.4 is 5.46 Å². The van der Waals surface area contributed by atoms with Crippen LogP contribution in [0.4, 0.5) is 0 Å². The Balaban J connectivity index is 2.34. The predicted octanol–water partition coefficient (Wildman–Crippen LogP) is 1.99. The molecule has 19 heavy (non-hydrogen) atoms. The minimum absolute atomic E-state index is 0.156. The van der Waals surface area contributed by atoms with Crippen molar-refractivity contribution < 1.29 is 14.3 Å². The highest BCUT2D eigenvalue weighted by Gasteiger charge is 2.14. The third-order valence-corrected chi connectivity index (χ3v) is 2.84. The summed E-state index contributed by atoms with van der Waals surface area (Å²) in [7, 11) is 5.69. The molecule has 1 aromatic carbocycles. The van der Waals surface area contributed by atoms with Gasteiger partial charge in [-0.05, 0) is 24.3 Å². The number of furan rings is 1. The molecular formula is C14H8BNO3. The third kappa shape index (κ3) is 1.99. The van der Waals surface area contributed by atoms with Crippen LogP contribution in [0.15, 0.2) is 47.1 Å². The Morgan fingerprint density at radius 2 is 2.11 bits per heavy atom. The monoisotopic (exact) mass is 249 g/mol. The van der Waals surface area contributed by atoms with Crippen molar-refractivity contribution in [1.29, 1.82) is 0 Å². The van der Waals surface area contributed by atoms with Crippen LogP contribution in [-0.2, 0) is 0 Å². The fourth-order valence-corrected chi connectivity index (χ4v) is 1.97. The van der Waals surface area contributed by atoms with E-state index in [-0.39, 0.29) is 5.56 Å². The number of aromatic carboxylic acids is 1. The fourth-order valence-electron chi connectivity index (χ4n) is 1.97. The first-order valence-electron chi connectivity index (χ1n) is 5.62. The quantitative estimate of drug-likeness (QED) is 0.705. The summed E-state index contributed by atoms with van der Waals surface area (Å²) in [5.74, 6) is -0.493. The van der Waals surface area contributed by atoms with E-state index in [4.69, 9.17) is 12.3 Å². The normalized spacial score (nSPS) is 10.7. The number of carboxylic acids is 1. The maximum atomic E-state index is 11.3. The summed E-state index contributed by atoms with van der Waals surface area (Å²) in [6.07, 6.45) is 1.52. The Kier molecular flexibility index (Phi) is 2.60. The topological polar surface area (TPSA) is 63.3 Å². The molecule has 3 aromatic rings. The number of fused-ring (bicyclic) bond motifs is 1. The summed E-state index contributed by atoms with van der Waals surface area (Å²) in [6.45, 7) is 0. The zero-order valence-corrected chi connectivity index (χ0v) is 9.83. The summed E-state index contributed by atoms with van der Waals surface area (Å²) in [5.41, 5.74) is 1.71. The van der Waals surface area contributed by atoms with Gasteiger partial charge in [0.05, 0.1) is 17.3 Å². The van der Waals surface area contributed by atoms with Gasteiger partial charge in [0.2, 0.25) is 0 Å². The van der Waals surface area contributed by atoms with Crippen molar-refractivity contribution in [2.45, 2.75) is 0 Å². The van der Waals surface area contributed by atoms with Gasteiger partial charge in [-0.1, -0.05) is 17.6 Å². The zero-order chi connectivity index (χ0) is 13.4. The maximum Gasteiger partial charge on any atom is 0.336 e. The second-order valence-corrected chi connectivity index (χ2v) is 4.11. The van der Waals surface area contributed by atoms with Gasteiger partial charge in [-0.25, -0.2) is 9.78 Å². The van der Waals surface area contributed by atoms with Gasteiger partial charge in [-0.15, -0.1) is 0 Å². The number of aromatic nitrogens is 1. The molecule has 2 aromatic heterocycles. The van der Waals surface area contributed by atoms with E-state index in [1.807, 2.05) is 0 Å². The summed E-state index contributed by atoms with van der Waals surface area (Å²) in [4.78, 5) is 15.7. The van der Waals surface area contributed by atoms with Crippen molar-refractivity contribution in [3.63, 3.8) is 0 Å². The van der Waals surface area contributed by atoms with Crippen LogP contribution in [-0.4, -0.2) is 23.9 Å². The molecule has 0 fully saturated rings. The first kappa shape index (κ1) is 11.5. The average Bonchev–Trinajstić information content (AvgIpc) is 2.91. The molecule has 0 aliphatic heterocycles. The predicted molar refractivity (Wildman–Crippen MR) is 71.8 cm³/mol. The van der Waals surface area contributed by atoms with Crippen LogP contribution >= 0.6 is 0 Å². The standard InChI is InChI=1S/C14H8BNO3/c15-8-3-4-11-9(6-8)10(14(17)18)7-12(16-11)13-2-1-5-19-13/h1-7H,(H,17,18). The van der Waals surface area contributed by atoms with E-state index in [2.05, 4.69) is 4.98 Å². The lowest BCUT2D eigenvalue weighted by atomic mass is 9.93. The van der Waals surface area contributed by atoms with E-state index in [1.54, 1.807) is 30.3 Å². The number of rotatable bonds is 2. The molecule has 0 unspecified atom stereocenters. The van der Waals surface area contributed by atoms with Gasteiger partial charge in [0, 0.05) is 5.39 Å². The number of carboxylic acid groups (broad SMARTS) is 1. The summed E-state index contributed by atoms with van der Waals surface area (Å²) in [5, 5.41) is 9.81. The van der Waals surface area contributed by atoms with Crippen molar-refractivity contribution in [3.05, 3.63) is 48.2 Å². The molecule has 0 amide bonds. The molecule has 4 nitrogen and oxygen atoms in total. The van der Waals surface area contributed by atoms with Crippen molar-refractivity contribution in [2.24, 2.45) is 0 Å². The van der Waals surface area contributed by atoms with Gasteiger partial charge in [-0.3, -0.25) is 0 Å². The molecule has 1 N–H and O–H groups in total. The number of pyridine rings is 1. The highest BCUT2D eigenvalue weighted by Crippen LogP contribution is 2.24. The second-order valence-electron chi connectivity index (χ2n) is 4.11. The molecule has 0 aliphatic carbocycles.